The number of amidine groups is 1. The van der Waals surface area contributed by atoms with Gasteiger partial charge in [0.05, 0.1) is 12.1 Å². The van der Waals surface area contributed by atoms with Crippen molar-refractivity contribution in [3.63, 3.8) is 0 Å². The number of allylic oxidation sites excluding steroid dienone is 1. The lowest BCUT2D eigenvalue weighted by Crippen LogP contribution is -2.43. The molecule has 0 saturated carbocycles. The maximum atomic E-state index is 14.3. The second-order valence-electron chi connectivity index (χ2n) is 8.55. The lowest BCUT2D eigenvalue weighted by atomic mass is 10.0. The van der Waals surface area contributed by atoms with Gasteiger partial charge in [0.15, 0.2) is 0 Å². The number of rotatable bonds is 9. The van der Waals surface area contributed by atoms with E-state index in [1.807, 2.05) is 55.5 Å². The Morgan fingerprint density at radius 1 is 1.06 bits per heavy atom. The molecule has 0 bridgehead atoms. The number of para-hydroxylation sites is 1. The largest absolute Gasteiger partial charge is 0.456 e. The Labute approximate surface area is 204 Å². The molecule has 0 aliphatic carbocycles. The number of hydrogen-bond donors (Lipinski definition) is 2. The van der Waals surface area contributed by atoms with Gasteiger partial charge >= 0.3 is 0 Å². The molecule has 5 nitrogen and oxygen atoms in total. The van der Waals surface area contributed by atoms with Gasteiger partial charge in [-0.1, -0.05) is 61.9 Å². The highest BCUT2D eigenvalue weighted by Crippen LogP contribution is 2.30. The van der Waals surface area contributed by atoms with Gasteiger partial charge in [-0.2, -0.15) is 0 Å². The van der Waals surface area contributed by atoms with E-state index in [4.69, 9.17) is 9.83 Å². The van der Waals surface area contributed by atoms with Crippen molar-refractivity contribution in [2.75, 3.05) is 13.1 Å². The zero-order valence-electron chi connectivity index (χ0n) is 20.1. The van der Waals surface area contributed by atoms with Gasteiger partial charge in [0.25, 0.3) is 0 Å². The summed E-state index contributed by atoms with van der Waals surface area (Å²) in [5.74, 6) is -0.953. The molecule has 1 atom stereocenters. The summed E-state index contributed by atoms with van der Waals surface area (Å²) in [6.07, 6.45) is 5.72. The lowest BCUT2D eigenvalue weighted by Gasteiger charge is -2.24. The summed E-state index contributed by atoms with van der Waals surface area (Å²) in [4.78, 5) is 14.5. The molecule has 0 aliphatic heterocycles. The summed E-state index contributed by atoms with van der Waals surface area (Å²) in [6.45, 7) is 4.30. The number of nitrogens with zero attached hydrogens (tertiary/aromatic N) is 1. The van der Waals surface area contributed by atoms with Crippen molar-refractivity contribution >= 4 is 33.7 Å². The molecule has 2 N–H and O–H groups in total. The molecule has 1 unspecified atom stereocenters. The van der Waals surface area contributed by atoms with Gasteiger partial charge in [-0.15, -0.1) is 0 Å². The minimum atomic E-state index is -0.519. The van der Waals surface area contributed by atoms with E-state index in [0.717, 1.165) is 40.3 Å². The van der Waals surface area contributed by atoms with Gasteiger partial charge < -0.3 is 9.73 Å². The molecule has 1 amide bonds. The maximum Gasteiger partial charge on any atom is 0.242 e. The second-order valence-corrected chi connectivity index (χ2v) is 8.55. The monoisotopic (exact) mass is 471 g/mol. The molecule has 35 heavy (non-hydrogen) atoms. The van der Waals surface area contributed by atoms with Gasteiger partial charge in [-0.3, -0.25) is 15.1 Å². The van der Waals surface area contributed by atoms with E-state index in [2.05, 4.69) is 18.3 Å². The van der Waals surface area contributed by atoms with Crippen LogP contribution in [0.1, 0.15) is 43.9 Å². The summed E-state index contributed by atoms with van der Waals surface area (Å²) in [5.41, 5.74) is 2.79. The van der Waals surface area contributed by atoms with Crippen molar-refractivity contribution in [3.8, 4) is 0 Å². The molecule has 4 aromatic rings. The first kappa shape index (κ1) is 24.4. The predicted molar refractivity (Wildman–Crippen MR) is 139 cm³/mol. The number of halogens is 1. The molecule has 0 fully saturated rings. The molecule has 0 spiro atoms. The van der Waals surface area contributed by atoms with Crippen LogP contribution in [0, 0.1) is 11.2 Å². The van der Waals surface area contributed by atoms with Gasteiger partial charge in [0, 0.05) is 23.4 Å². The number of nitrogens with one attached hydrogen (secondary N) is 2. The lowest BCUT2D eigenvalue weighted by molar-refractivity contribution is -0.126. The average Bonchev–Trinajstić information content (AvgIpc) is 3.25. The van der Waals surface area contributed by atoms with Crippen molar-refractivity contribution in [2.24, 2.45) is 0 Å². The fraction of sp³-hybridized carbons (Fsp3) is 0.241. The van der Waals surface area contributed by atoms with Crippen molar-refractivity contribution < 1.29 is 13.6 Å². The van der Waals surface area contributed by atoms with Gasteiger partial charge in [0.1, 0.15) is 22.8 Å². The van der Waals surface area contributed by atoms with E-state index in [0.29, 0.717) is 0 Å². The molecule has 180 valence electrons. The van der Waals surface area contributed by atoms with Crippen molar-refractivity contribution in [1.29, 1.82) is 5.41 Å². The molecule has 0 saturated heterocycles. The van der Waals surface area contributed by atoms with Crippen LogP contribution in [0.4, 0.5) is 4.39 Å². The topological polar surface area (TPSA) is 69.3 Å². The molecule has 0 aliphatic rings. The number of hydrogen-bond acceptors (Lipinski definition) is 4. The normalized spacial score (nSPS) is 12.4. The Balaban J connectivity index is 1.49. The number of benzene rings is 3. The van der Waals surface area contributed by atoms with E-state index in [1.54, 1.807) is 12.1 Å². The van der Waals surface area contributed by atoms with Crippen molar-refractivity contribution in [1.82, 2.24) is 10.2 Å². The first-order chi connectivity index (χ1) is 17.0. The smallest absolute Gasteiger partial charge is 0.242 e. The van der Waals surface area contributed by atoms with Gasteiger partial charge in [0.2, 0.25) is 5.91 Å². The zero-order valence-corrected chi connectivity index (χ0v) is 20.1. The van der Waals surface area contributed by atoms with Crippen molar-refractivity contribution in [3.05, 3.63) is 95.8 Å². The molecule has 6 heteroatoms. The molecule has 4 rings (SSSR count). The third-order valence-corrected chi connectivity index (χ3v) is 6.07. The van der Waals surface area contributed by atoms with E-state index in [1.165, 1.54) is 17.0 Å². The minimum Gasteiger partial charge on any atom is -0.456 e. The first-order valence-corrected chi connectivity index (χ1v) is 11.9. The van der Waals surface area contributed by atoms with E-state index in [9.17, 15) is 9.18 Å². The van der Waals surface area contributed by atoms with Crippen LogP contribution >= 0.6 is 0 Å². The summed E-state index contributed by atoms with van der Waals surface area (Å²) in [6, 6.07) is 19.9. The molecular weight excluding hydrogens is 441 g/mol. The molecule has 0 radical (unpaired) electrons. The number of carbonyl (C=O) groups excluding carboxylic acids is 1. The second kappa shape index (κ2) is 11.1. The third-order valence-electron chi connectivity index (χ3n) is 6.07. The van der Waals surface area contributed by atoms with E-state index < -0.39 is 5.82 Å². The minimum absolute atomic E-state index is 0.0176. The van der Waals surface area contributed by atoms with Crippen LogP contribution in [0.2, 0.25) is 0 Å². The van der Waals surface area contributed by atoms with Crippen LogP contribution in [-0.4, -0.2) is 29.7 Å². The average molecular weight is 472 g/mol. The quantitative estimate of drug-likeness (QED) is 0.164. The first-order valence-electron chi connectivity index (χ1n) is 11.9. The number of amides is 1. The standard InChI is InChI=1S/C29H30FN3O2/c1-3-4-5-10-17-33(29(31)23-12-6-8-13-25(23)30)28(34)19-32-20(2)21-15-16-27-24(18-21)22-11-7-9-14-26(22)35-27/h5-16,18,20,31-32H,3-4,17,19H2,1-2H3/b10-5-,31-29?. The Bertz CT molecular complexity index is 1370. The molecule has 1 aromatic heterocycles. The fourth-order valence-electron chi connectivity index (χ4n) is 4.05. The summed E-state index contributed by atoms with van der Waals surface area (Å²) in [7, 11) is 0. The van der Waals surface area contributed by atoms with Crippen LogP contribution in [0.5, 0.6) is 0 Å². The van der Waals surface area contributed by atoms with Crippen LogP contribution in [0.3, 0.4) is 0 Å². The summed E-state index contributed by atoms with van der Waals surface area (Å²) in [5, 5.41) is 13.9. The highest BCUT2D eigenvalue weighted by Gasteiger charge is 2.21. The van der Waals surface area contributed by atoms with Crippen molar-refractivity contribution in [2.45, 2.75) is 32.7 Å². The van der Waals surface area contributed by atoms with Crippen LogP contribution in [0.15, 0.2) is 83.3 Å². The van der Waals surface area contributed by atoms with Crippen LogP contribution in [0.25, 0.3) is 21.9 Å². The summed E-state index contributed by atoms with van der Waals surface area (Å²) < 4.78 is 20.2. The number of unbranched alkanes of at least 4 members (excludes halogenated alkanes) is 1. The zero-order chi connectivity index (χ0) is 24.8. The Hall–Kier alpha value is -3.77. The van der Waals surface area contributed by atoms with E-state index in [-0.39, 0.29) is 36.4 Å². The van der Waals surface area contributed by atoms with Crippen LogP contribution < -0.4 is 5.32 Å². The molecule has 1 heterocycles. The highest BCUT2D eigenvalue weighted by atomic mass is 19.1. The Morgan fingerprint density at radius 3 is 2.60 bits per heavy atom. The molecule has 3 aromatic carbocycles. The molecular formula is C29H30FN3O2. The van der Waals surface area contributed by atoms with Gasteiger partial charge in [-0.25, -0.2) is 4.39 Å². The fourth-order valence-corrected chi connectivity index (χ4v) is 4.05. The highest BCUT2D eigenvalue weighted by molar-refractivity contribution is 6.07. The Kier molecular flexibility index (Phi) is 7.73. The predicted octanol–water partition coefficient (Wildman–Crippen LogP) is 6.59. The van der Waals surface area contributed by atoms with E-state index >= 15 is 0 Å². The SMILES string of the molecule is CCC/C=C\CN(C(=N)c1ccccc1F)C(=O)CNC(C)c1ccc2oc3ccccc3c2c1. The third kappa shape index (κ3) is 5.49. The van der Waals surface area contributed by atoms with Gasteiger partial charge in [-0.05, 0) is 49.2 Å². The number of fused-ring (bicyclic) bond motifs is 3. The van der Waals surface area contributed by atoms with Crippen LogP contribution in [-0.2, 0) is 4.79 Å². The summed E-state index contributed by atoms with van der Waals surface area (Å²) >= 11 is 0. The number of carbonyl (C=O) groups is 1. The maximum absolute atomic E-state index is 14.3. The Morgan fingerprint density at radius 2 is 1.80 bits per heavy atom. The number of furan rings is 1.